The van der Waals surface area contributed by atoms with E-state index in [1.807, 2.05) is 0 Å². The van der Waals surface area contributed by atoms with Crippen LogP contribution in [0.4, 0.5) is 0 Å². The van der Waals surface area contributed by atoms with Gasteiger partial charge in [-0.2, -0.15) is 0 Å². The molecular formula is C15H22NRu. The molecule has 2 heteroatoms. The van der Waals surface area contributed by atoms with Crippen molar-refractivity contribution in [3.63, 3.8) is 0 Å². The molecule has 1 nitrogen and oxygen atoms in total. The average molecular weight is 317 g/mol. The van der Waals surface area contributed by atoms with Crippen LogP contribution in [-0.4, -0.2) is 4.98 Å². The van der Waals surface area contributed by atoms with Crippen LogP contribution in [0, 0.1) is 13.8 Å². The van der Waals surface area contributed by atoms with Crippen LogP contribution in [0.1, 0.15) is 38.6 Å². The van der Waals surface area contributed by atoms with Gasteiger partial charge >= 0.3 is 110 Å². The van der Waals surface area contributed by atoms with Crippen LogP contribution in [-0.2, 0) is 16.0 Å². The van der Waals surface area contributed by atoms with E-state index in [1.54, 1.807) is 8.33 Å². The molecule has 2 rings (SSSR count). The molecule has 1 aromatic rings. The standard InChI is InChI=1S/C6H8N.C5H5.C4H9.Ru/c1-5-3-4-6(2)7-5;1-2-4-5-3-1;1-4(2)3;/h3,7H,1-2H3;1-3H,4H2;1-3H3;. The quantitative estimate of drug-likeness (QED) is 0.795. The zero-order chi connectivity index (χ0) is 12.6. The van der Waals surface area contributed by atoms with Gasteiger partial charge in [0.2, 0.25) is 0 Å². The third kappa shape index (κ3) is 2.63. The van der Waals surface area contributed by atoms with Crippen LogP contribution in [0.5, 0.6) is 0 Å². The Labute approximate surface area is 110 Å². The summed E-state index contributed by atoms with van der Waals surface area (Å²) in [4.78, 5) is 3.47. The van der Waals surface area contributed by atoms with Gasteiger partial charge in [0.05, 0.1) is 0 Å². The maximum absolute atomic E-state index is 3.47. The van der Waals surface area contributed by atoms with E-state index >= 15 is 0 Å². The van der Waals surface area contributed by atoms with Crippen molar-refractivity contribution in [1.82, 2.24) is 4.98 Å². The summed E-state index contributed by atoms with van der Waals surface area (Å²) in [7, 11) is 0. The Morgan fingerprint density at radius 3 is 2.35 bits per heavy atom. The molecule has 1 aliphatic rings. The van der Waals surface area contributed by atoms with Crippen LogP contribution in [0.2, 0.25) is 4.01 Å². The van der Waals surface area contributed by atoms with Crippen molar-refractivity contribution in [3.8, 4) is 0 Å². The van der Waals surface area contributed by atoms with Crippen molar-refractivity contribution < 1.29 is 16.0 Å². The molecule has 0 aliphatic heterocycles. The summed E-state index contributed by atoms with van der Waals surface area (Å²) in [5, 5.41) is 0. The van der Waals surface area contributed by atoms with Gasteiger partial charge in [0.15, 0.2) is 0 Å². The predicted molar refractivity (Wildman–Crippen MR) is 71.5 cm³/mol. The van der Waals surface area contributed by atoms with E-state index in [2.05, 4.69) is 63.9 Å². The van der Waals surface area contributed by atoms with Crippen LogP contribution >= 0.6 is 0 Å². The minimum absolute atomic E-state index is 0.404. The van der Waals surface area contributed by atoms with Crippen molar-refractivity contribution in [1.29, 1.82) is 0 Å². The first-order chi connectivity index (χ1) is 7.89. The zero-order valence-electron chi connectivity index (χ0n) is 11.4. The third-order valence-electron chi connectivity index (χ3n) is 2.74. The summed E-state index contributed by atoms with van der Waals surface area (Å²) < 4.78 is 3.70. The molecule has 0 spiro atoms. The SMILES string of the molecule is Cc1c[c]([Ru]([C]2=CC=CC2)[C](C)(C)C)c(C)[nH]1. The number of hydrogen-bond acceptors (Lipinski definition) is 0. The number of aryl methyl sites for hydroxylation is 2. The van der Waals surface area contributed by atoms with E-state index in [0.717, 1.165) is 0 Å². The average Bonchev–Trinajstić information content (AvgIpc) is 2.76. The molecule has 0 radical (unpaired) electrons. The molecule has 1 aliphatic carbocycles. The van der Waals surface area contributed by atoms with E-state index in [4.69, 9.17) is 0 Å². The number of aromatic nitrogens is 1. The van der Waals surface area contributed by atoms with Crippen molar-refractivity contribution in [2.45, 2.75) is 45.0 Å². The maximum atomic E-state index is 3.47. The monoisotopic (exact) mass is 318 g/mol. The van der Waals surface area contributed by atoms with Gasteiger partial charge in [-0.15, -0.1) is 0 Å². The minimum atomic E-state index is -1.14. The Kier molecular flexibility index (Phi) is 3.45. The van der Waals surface area contributed by atoms with Gasteiger partial charge < -0.3 is 0 Å². The summed E-state index contributed by atoms with van der Waals surface area (Å²) in [5.74, 6) is 0. The normalized spacial score (nSPS) is 16.3. The molecular weight excluding hydrogens is 295 g/mol. The Morgan fingerprint density at radius 1 is 1.24 bits per heavy atom. The number of hydrogen-bond donors (Lipinski definition) is 1. The molecule has 0 bridgehead atoms. The topological polar surface area (TPSA) is 15.8 Å². The second-order valence-corrected chi connectivity index (χ2v) is 11.4. The first-order valence-corrected chi connectivity index (χ1v) is 8.68. The number of allylic oxidation sites excluding steroid dienone is 4. The fraction of sp³-hybridized carbons (Fsp3) is 0.467. The molecule has 95 valence electrons. The Balaban J connectivity index is 2.44. The number of rotatable bonds is 2. The number of nitrogens with one attached hydrogen (secondary N) is 1. The van der Waals surface area contributed by atoms with Gasteiger partial charge in [-0.25, -0.2) is 0 Å². The van der Waals surface area contributed by atoms with Gasteiger partial charge in [0.1, 0.15) is 0 Å². The molecule has 0 saturated heterocycles. The van der Waals surface area contributed by atoms with Crippen molar-refractivity contribution in [3.05, 3.63) is 39.8 Å². The fourth-order valence-corrected chi connectivity index (χ4v) is 8.25. The van der Waals surface area contributed by atoms with Gasteiger partial charge in [-0.05, 0) is 0 Å². The number of H-pyrrole nitrogens is 1. The fourth-order valence-electron chi connectivity index (χ4n) is 2.16. The van der Waals surface area contributed by atoms with Gasteiger partial charge in [0, 0.05) is 0 Å². The van der Waals surface area contributed by atoms with E-state index in [9.17, 15) is 0 Å². The van der Waals surface area contributed by atoms with Crippen LogP contribution < -0.4 is 4.16 Å². The molecule has 0 fully saturated rings. The van der Waals surface area contributed by atoms with Crippen LogP contribution in [0.3, 0.4) is 0 Å². The molecule has 1 N–H and O–H groups in total. The van der Waals surface area contributed by atoms with E-state index in [1.165, 1.54) is 17.8 Å². The van der Waals surface area contributed by atoms with Crippen molar-refractivity contribution in [2.24, 2.45) is 0 Å². The molecule has 0 atom stereocenters. The van der Waals surface area contributed by atoms with E-state index in [-0.39, 0.29) is 0 Å². The van der Waals surface area contributed by atoms with E-state index < -0.39 is 16.0 Å². The summed E-state index contributed by atoms with van der Waals surface area (Å²) in [6.07, 6.45) is 8.03. The second-order valence-electron chi connectivity index (χ2n) is 5.44. The summed E-state index contributed by atoms with van der Waals surface area (Å²) in [5.41, 5.74) is 2.68. The van der Waals surface area contributed by atoms with Crippen molar-refractivity contribution in [2.75, 3.05) is 0 Å². The molecule has 0 unspecified atom stereocenters. The van der Waals surface area contributed by atoms with Gasteiger partial charge in [0.25, 0.3) is 0 Å². The molecule has 1 aromatic heterocycles. The van der Waals surface area contributed by atoms with Crippen LogP contribution in [0.15, 0.2) is 28.5 Å². The molecule has 0 amide bonds. The number of aromatic amines is 1. The van der Waals surface area contributed by atoms with Gasteiger partial charge in [-0.1, -0.05) is 0 Å². The first-order valence-electron chi connectivity index (χ1n) is 6.07. The predicted octanol–water partition coefficient (Wildman–Crippen LogP) is 3.94. The zero-order valence-corrected chi connectivity index (χ0v) is 13.1. The Hall–Kier alpha value is -0.617. The first kappa shape index (κ1) is 12.8. The summed E-state index contributed by atoms with van der Waals surface area (Å²) in [6.45, 7) is 11.6. The summed E-state index contributed by atoms with van der Waals surface area (Å²) >= 11 is -1.14. The van der Waals surface area contributed by atoms with Crippen molar-refractivity contribution >= 4 is 4.16 Å². The Bertz CT molecular complexity index is 472. The Morgan fingerprint density at radius 2 is 1.94 bits per heavy atom. The third-order valence-corrected chi connectivity index (χ3v) is 8.95. The molecule has 1 heterocycles. The van der Waals surface area contributed by atoms with Gasteiger partial charge in [-0.3, -0.25) is 0 Å². The molecule has 0 saturated carbocycles. The van der Waals surface area contributed by atoms with Crippen LogP contribution in [0.25, 0.3) is 0 Å². The van der Waals surface area contributed by atoms with E-state index in [0.29, 0.717) is 4.01 Å². The second kappa shape index (κ2) is 4.57. The molecule has 17 heavy (non-hydrogen) atoms. The molecule has 0 aromatic carbocycles. The summed E-state index contributed by atoms with van der Waals surface area (Å²) in [6, 6.07) is 2.37.